The van der Waals surface area contributed by atoms with Gasteiger partial charge in [0.1, 0.15) is 0 Å². The fraction of sp³-hybridized carbons (Fsp3) is 0.304. The minimum Gasteiger partial charge on any atom is -0.379 e. The number of nitrogens with one attached hydrogen (secondary N) is 1. The molecule has 1 N–H and O–H groups in total. The van der Waals surface area contributed by atoms with Crippen molar-refractivity contribution in [3.63, 3.8) is 0 Å². The second-order valence-electron chi connectivity index (χ2n) is 7.55. The molecule has 0 radical (unpaired) electrons. The Kier molecular flexibility index (Phi) is 6.88. The van der Waals surface area contributed by atoms with Crippen molar-refractivity contribution in [3.8, 4) is 0 Å². The molecule has 1 fully saturated rings. The van der Waals surface area contributed by atoms with E-state index in [1.807, 2.05) is 12.1 Å². The number of anilines is 1. The number of hydrogen-bond acceptors (Lipinski definition) is 5. The number of amides is 1. The minimum absolute atomic E-state index is 0.275. The van der Waals surface area contributed by atoms with Crippen LogP contribution in [0.5, 0.6) is 0 Å². The average Bonchev–Trinajstić information content (AvgIpc) is 3.21. The second-order valence-corrected chi connectivity index (χ2v) is 8.66. The van der Waals surface area contributed by atoms with Crippen molar-refractivity contribution < 1.29 is 22.7 Å². The van der Waals surface area contributed by atoms with Crippen molar-refractivity contribution in [2.75, 3.05) is 31.6 Å². The molecule has 1 aliphatic rings. The minimum atomic E-state index is -4.37. The quantitative estimate of drug-likeness (QED) is 0.571. The van der Waals surface area contributed by atoms with Gasteiger partial charge in [0.25, 0.3) is 5.91 Å². The molecular weight excluding hydrogens is 439 g/mol. The molecule has 9 heteroatoms. The van der Waals surface area contributed by atoms with Crippen molar-refractivity contribution in [3.05, 3.63) is 81.9 Å². The van der Waals surface area contributed by atoms with Crippen molar-refractivity contribution in [1.29, 1.82) is 0 Å². The number of carbonyl (C=O) groups is 1. The van der Waals surface area contributed by atoms with Crippen LogP contribution >= 0.6 is 11.3 Å². The number of ether oxygens (including phenoxy) is 1. The number of morpholine rings is 1. The van der Waals surface area contributed by atoms with Gasteiger partial charge in [0.15, 0.2) is 5.13 Å². The SMILES string of the molecule is O=C(Nc1ncc(Cc2cccc(C(F)(F)F)c2)s1)c1ccc(CN2CCOCC2)cc1. The monoisotopic (exact) mass is 461 g/mol. The number of aromatic nitrogens is 1. The molecule has 1 amide bonds. The van der Waals surface area contributed by atoms with Gasteiger partial charge in [-0.05, 0) is 29.3 Å². The van der Waals surface area contributed by atoms with Crippen LogP contribution in [-0.2, 0) is 23.9 Å². The highest BCUT2D eigenvalue weighted by atomic mass is 32.1. The molecule has 0 bridgehead atoms. The van der Waals surface area contributed by atoms with Crippen LogP contribution in [-0.4, -0.2) is 42.1 Å². The molecular formula is C23H22F3N3O2S. The number of nitrogens with zero attached hydrogens (tertiary/aromatic N) is 2. The Bertz CT molecular complexity index is 1060. The van der Waals surface area contributed by atoms with Crippen LogP contribution in [0.1, 0.15) is 31.9 Å². The van der Waals surface area contributed by atoms with Crippen molar-refractivity contribution >= 4 is 22.4 Å². The second kappa shape index (κ2) is 9.81. The molecule has 168 valence electrons. The van der Waals surface area contributed by atoms with E-state index >= 15 is 0 Å². The number of rotatable bonds is 6. The highest BCUT2D eigenvalue weighted by molar-refractivity contribution is 7.15. The van der Waals surface area contributed by atoms with E-state index < -0.39 is 11.7 Å². The summed E-state index contributed by atoms with van der Waals surface area (Å²) in [6.45, 7) is 4.09. The van der Waals surface area contributed by atoms with E-state index in [0.29, 0.717) is 22.7 Å². The molecule has 5 nitrogen and oxygen atoms in total. The summed E-state index contributed by atoms with van der Waals surface area (Å²) in [5, 5.41) is 3.17. The molecule has 1 aliphatic heterocycles. The predicted molar refractivity (Wildman–Crippen MR) is 117 cm³/mol. The predicted octanol–water partition coefficient (Wildman–Crippen LogP) is 4.84. The molecule has 4 rings (SSSR count). The lowest BCUT2D eigenvalue weighted by molar-refractivity contribution is -0.137. The first-order chi connectivity index (χ1) is 15.4. The zero-order valence-electron chi connectivity index (χ0n) is 17.2. The van der Waals surface area contributed by atoms with Crippen LogP contribution in [0, 0.1) is 0 Å². The molecule has 32 heavy (non-hydrogen) atoms. The molecule has 0 atom stereocenters. The Balaban J connectivity index is 1.34. The van der Waals surface area contributed by atoms with Gasteiger partial charge in [-0.3, -0.25) is 15.0 Å². The van der Waals surface area contributed by atoms with E-state index in [1.54, 1.807) is 24.4 Å². The van der Waals surface area contributed by atoms with Crippen LogP contribution in [0.15, 0.2) is 54.7 Å². The topological polar surface area (TPSA) is 54.5 Å². The molecule has 0 spiro atoms. The highest BCUT2D eigenvalue weighted by Crippen LogP contribution is 2.30. The van der Waals surface area contributed by atoms with Crippen LogP contribution in [0.3, 0.4) is 0 Å². The van der Waals surface area contributed by atoms with Crippen LogP contribution in [0.2, 0.25) is 0 Å². The summed E-state index contributed by atoms with van der Waals surface area (Å²) in [4.78, 5) is 19.8. The third-order valence-corrected chi connectivity index (χ3v) is 6.05. The number of alkyl halides is 3. The number of benzene rings is 2. The van der Waals surface area contributed by atoms with Gasteiger partial charge in [-0.15, -0.1) is 11.3 Å². The van der Waals surface area contributed by atoms with Gasteiger partial charge in [-0.25, -0.2) is 4.98 Å². The summed E-state index contributed by atoms with van der Waals surface area (Å²) in [7, 11) is 0. The van der Waals surface area contributed by atoms with Crippen LogP contribution in [0.4, 0.5) is 18.3 Å². The maximum atomic E-state index is 12.9. The van der Waals surface area contributed by atoms with Crippen molar-refractivity contribution in [2.24, 2.45) is 0 Å². The summed E-state index contributed by atoms with van der Waals surface area (Å²) in [6, 6.07) is 12.7. The first kappa shape index (κ1) is 22.4. The number of thiazole rings is 1. The van der Waals surface area contributed by atoms with Crippen molar-refractivity contribution in [2.45, 2.75) is 19.1 Å². The van der Waals surface area contributed by atoms with Gasteiger partial charge in [0.2, 0.25) is 0 Å². The van der Waals surface area contributed by atoms with E-state index in [9.17, 15) is 18.0 Å². The van der Waals surface area contributed by atoms with Gasteiger partial charge in [-0.2, -0.15) is 13.2 Å². The molecule has 1 saturated heterocycles. The Hall–Kier alpha value is -2.75. The summed E-state index contributed by atoms with van der Waals surface area (Å²) < 4.78 is 44.0. The normalized spacial score (nSPS) is 15.0. The van der Waals surface area contributed by atoms with Gasteiger partial charge >= 0.3 is 6.18 Å². The highest BCUT2D eigenvalue weighted by Gasteiger charge is 2.30. The van der Waals surface area contributed by atoms with Gasteiger partial charge in [0, 0.05) is 42.7 Å². The number of carbonyl (C=O) groups excluding carboxylic acids is 1. The molecule has 1 aromatic heterocycles. The number of halogens is 3. The van der Waals surface area contributed by atoms with E-state index in [0.717, 1.165) is 55.4 Å². The zero-order valence-corrected chi connectivity index (χ0v) is 18.0. The summed E-state index contributed by atoms with van der Waals surface area (Å²) in [5.41, 5.74) is 1.51. The van der Waals surface area contributed by atoms with Gasteiger partial charge in [0.05, 0.1) is 18.8 Å². The Morgan fingerprint density at radius 2 is 1.84 bits per heavy atom. The molecule has 0 aliphatic carbocycles. The van der Waals surface area contributed by atoms with Gasteiger partial charge in [-0.1, -0.05) is 30.3 Å². The Morgan fingerprint density at radius 3 is 2.56 bits per heavy atom. The lowest BCUT2D eigenvalue weighted by Crippen LogP contribution is -2.35. The first-order valence-corrected chi connectivity index (χ1v) is 11.0. The first-order valence-electron chi connectivity index (χ1n) is 10.2. The lowest BCUT2D eigenvalue weighted by Gasteiger charge is -2.26. The lowest BCUT2D eigenvalue weighted by atomic mass is 10.1. The van der Waals surface area contributed by atoms with Crippen molar-refractivity contribution in [1.82, 2.24) is 9.88 Å². The maximum Gasteiger partial charge on any atom is 0.416 e. The van der Waals surface area contributed by atoms with E-state index in [1.165, 1.54) is 17.4 Å². The largest absolute Gasteiger partial charge is 0.416 e. The summed E-state index contributed by atoms with van der Waals surface area (Å²) in [5.74, 6) is -0.275. The molecule has 2 aromatic carbocycles. The maximum absolute atomic E-state index is 12.9. The van der Waals surface area contributed by atoms with E-state index in [2.05, 4.69) is 15.2 Å². The molecule has 0 unspecified atom stereocenters. The van der Waals surface area contributed by atoms with E-state index in [4.69, 9.17) is 4.74 Å². The third kappa shape index (κ3) is 5.93. The Morgan fingerprint density at radius 1 is 1.09 bits per heavy atom. The zero-order chi connectivity index (χ0) is 22.6. The Labute approximate surface area is 187 Å². The van der Waals surface area contributed by atoms with Crippen LogP contribution in [0.25, 0.3) is 0 Å². The summed E-state index contributed by atoms with van der Waals surface area (Å²) >= 11 is 1.25. The van der Waals surface area contributed by atoms with Crippen LogP contribution < -0.4 is 5.32 Å². The molecule has 2 heterocycles. The van der Waals surface area contributed by atoms with E-state index in [-0.39, 0.29) is 5.91 Å². The standard InChI is InChI=1S/C23H22F3N3O2S/c24-23(25,26)19-3-1-2-17(12-19)13-20-14-27-22(32-20)28-21(30)18-6-4-16(5-7-18)15-29-8-10-31-11-9-29/h1-7,12,14H,8-11,13,15H2,(H,27,28,30). The average molecular weight is 462 g/mol. The fourth-order valence-corrected chi connectivity index (χ4v) is 4.30. The number of hydrogen-bond donors (Lipinski definition) is 1. The van der Waals surface area contributed by atoms with Gasteiger partial charge < -0.3 is 4.74 Å². The summed E-state index contributed by atoms with van der Waals surface area (Å²) in [6.07, 6.45) is -2.49. The molecule has 3 aromatic rings. The fourth-order valence-electron chi connectivity index (χ4n) is 3.45. The molecule has 0 saturated carbocycles. The smallest absolute Gasteiger partial charge is 0.379 e. The third-order valence-electron chi connectivity index (χ3n) is 5.13.